The monoisotopic (exact) mass is 506 g/mol. The summed E-state index contributed by atoms with van der Waals surface area (Å²) in [6.07, 6.45) is 0.898. The van der Waals surface area contributed by atoms with Gasteiger partial charge in [-0.25, -0.2) is 0 Å². The molecule has 0 saturated heterocycles. The Balaban J connectivity index is 1.51. The molecular formula is C27H17F3N2O5. The number of benzene rings is 3. The van der Waals surface area contributed by atoms with Crippen molar-refractivity contribution in [1.82, 2.24) is 4.90 Å². The first-order valence-electron chi connectivity index (χ1n) is 11.0. The van der Waals surface area contributed by atoms with Crippen LogP contribution in [0.5, 0.6) is 11.5 Å². The number of anilines is 1. The minimum atomic E-state index is -4.56. The molecule has 0 fully saturated rings. The molecule has 37 heavy (non-hydrogen) atoms. The highest BCUT2D eigenvalue weighted by atomic mass is 19.4. The Bertz CT molecular complexity index is 1470. The maximum absolute atomic E-state index is 13.6. The Labute approximate surface area is 208 Å². The summed E-state index contributed by atoms with van der Waals surface area (Å²) in [5, 5.41) is 2.63. The smallest absolute Gasteiger partial charge is 0.416 e. The van der Waals surface area contributed by atoms with Gasteiger partial charge < -0.3 is 19.7 Å². The second-order valence-corrected chi connectivity index (χ2v) is 8.31. The highest BCUT2D eigenvalue weighted by molar-refractivity contribution is 6.14. The maximum atomic E-state index is 13.6. The van der Waals surface area contributed by atoms with Crippen LogP contribution in [-0.2, 0) is 11.0 Å². The number of amides is 2. The number of carbonyl (C=O) groups excluding carboxylic acids is 3. The number of carbonyl (C=O) groups is 3. The average Bonchev–Trinajstić information content (AvgIpc) is 3.32. The molecule has 1 atom stereocenters. The number of ketones is 1. The maximum Gasteiger partial charge on any atom is 0.416 e. The molecule has 0 aliphatic carbocycles. The molecule has 2 aliphatic rings. The normalized spacial score (nSPS) is 16.5. The number of halogens is 3. The number of terminal acetylenes is 1. The highest BCUT2D eigenvalue weighted by Gasteiger charge is 2.37. The molecule has 1 unspecified atom stereocenters. The first kappa shape index (κ1) is 23.9. The number of rotatable bonds is 4. The number of ether oxygens (including phenoxy) is 2. The van der Waals surface area contributed by atoms with E-state index >= 15 is 0 Å². The lowest BCUT2D eigenvalue weighted by Gasteiger charge is -2.27. The van der Waals surface area contributed by atoms with E-state index in [1.807, 2.05) is 0 Å². The van der Waals surface area contributed by atoms with Gasteiger partial charge in [-0.2, -0.15) is 13.2 Å². The summed E-state index contributed by atoms with van der Waals surface area (Å²) >= 11 is 0. The third-order valence-corrected chi connectivity index (χ3v) is 6.04. The Morgan fingerprint density at radius 3 is 2.38 bits per heavy atom. The summed E-state index contributed by atoms with van der Waals surface area (Å²) in [6, 6.07) is 11.6. The number of nitrogens with one attached hydrogen (secondary N) is 1. The van der Waals surface area contributed by atoms with E-state index in [1.165, 1.54) is 24.3 Å². The SMILES string of the molecule is C#CCN1C(=O)c2cc(C(=O)c3ccc4c(c3)OCO4)ccc2NC(=O)C1c1ccc(C(F)(F)F)cc1. The zero-order valence-corrected chi connectivity index (χ0v) is 19.0. The lowest BCUT2D eigenvalue weighted by molar-refractivity contribution is -0.137. The molecule has 0 spiro atoms. The molecule has 0 aromatic heterocycles. The van der Waals surface area contributed by atoms with E-state index in [1.54, 1.807) is 12.1 Å². The Morgan fingerprint density at radius 1 is 1.00 bits per heavy atom. The van der Waals surface area contributed by atoms with E-state index in [9.17, 15) is 27.6 Å². The molecular weight excluding hydrogens is 489 g/mol. The van der Waals surface area contributed by atoms with Gasteiger partial charge in [0.25, 0.3) is 11.8 Å². The second-order valence-electron chi connectivity index (χ2n) is 8.31. The van der Waals surface area contributed by atoms with Gasteiger partial charge in [0.05, 0.1) is 23.4 Å². The van der Waals surface area contributed by atoms with Crippen LogP contribution in [0, 0.1) is 12.3 Å². The minimum Gasteiger partial charge on any atom is -0.454 e. The highest BCUT2D eigenvalue weighted by Crippen LogP contribution is 2.36. The van der Waals surface area contributed by atoms with Gasteiger partial charge in [-0.1, -0.05) is 18.1 Å². The van der Waals surface area contributed by atoms with Crippen LogP contribution in [0.2, 0.25) is 0 Å². The standard InChI is InChI=1S/C27H17F3N2O5/c1-2-11-32-23(15-3-7-18(8-4-15)27(28,29)30)25(34)31-20-9-5-16(12-19(20)26(32)35)24(33)17-6-10-21-22(13-17)37-14-36-21/h1,3-10,12-13,23H,11,14H2,(H,31,34). The molecule has 3 aromatic carbocycles. The summed E-state index contributed by atoms with van der Waals surface area (Å²) in [4.78, 5) is 41.0. The Hall–Kier alpha value is -4.78. The van der Waals surface area contributed by atoms with Crippen molar-refractivity contribution in [2.75, 3.05) is 18.7 Å². The number of alkyl halides is 3. The third-order valence-electron chi connectivity index (χ3n) is 6.04. The summed E-state index contributed by atoms with van der Waals surface area (Å²) in [5.41, 5.74) is -0.0989. The lowest BCUT2D eigenvalue weighted by Crippen LogP contribution is -2.39. The number of hydrogen-bond donors (Lipinski definition) is 1. The summed E-state index contributed by atoms with van der Waals surface area (Å²) in [6.45, 7) is -0.247. The van der Waals surface area contributed by atoms with Gasteiger partial charge >= 0.3 is 6.18 Å². The molecule has 0 saturated carbocycles. The quantitative estimate of drug-likeness (QED) is 0.418. The predicted molar refractivity (Wildman–Crippen MR) is 125 cm³/mol. The van der Waals surface area contributed by atoms with Crippen LogP contribution >= 0.6 is 0 Å². The van der Waals surface area contributed by atoms with Crippen LogP contribution in [0.15, 0.2) is 60.7 Å². The van der Waals surface area contributed by atoms with Crippen LogP contribution in [-0.4, -0.2) is 35.8 Å². The van der Waals surface area contributed by atoms with E-state index < -0.39 is 35.4 Å². The largest absolute Gasteiger partial charge is 0.454 e. The van der Waals surface area contributed by atoms with Gasteiger partial charge in [-0.15, -0.1) is 6.42 Å². The summed E-state index contributed by atoms with van der Waals surface area (Å²) in [5.74, 6) is 1.54. The molecule has 0 radical (unpaired) electrons. The van der Waals surface area contributed by atoms with Crippen LogP contribution in [0.3, 0.4) is 0 Å². The topological polar surface area (TPSA) is 84.9 Å². The van der Waals surface area contributed by atoms with Crippen LogP contribution in [0.25, 0.3) is 0 Å². The molecule has 186 valence electrons. The second kappa shape index (κ2) is 9.02. The van der Waals surface area contributed by atoms with E-state index in [-0.39, 0.29) is 35.7 Å². The van der Waals surface area contributed by atoms with Gasteiger partial charge in [0.2, 0.25) is 6.79 Å². The van der Waals surface area contributed by atoms with E-state index in [0.29, 0.717) is 17.1 Å². The number of hydrogen-bond acceptors (Lipinski definition) is 5. The lowest BCUT2D eigenvalue weighted by atomic mass is 9.99. The zero-order chi connectivity index (χ0) is 26.3. The number of nitrogens with zero attached hydrogens (tertiary/aromatic N) is 1. The molecule has 0 bridgehead atoms. The van der Waals surface area contributed by atoms with Crippen LogP contribution in [0.1, 0.15) is 43.4 Å². The van der Waals surface area contributed by atoms with Crippen LogP contribution < -0.4 is 14.8 Å². The van der Waals surface area contributed by atoms with Crippen molar-refractivity contribution in [1.29, 1.82) is 0 Å². The fourth-order valence-corrected chi connectivity index (χ4v) is 4.24. The fourth-order valence-electron chi connectivity index (χ4n) is 4.24. The van der Waals surface area contributed by atoms with Crippen molar-refractivity contribution in [3.63, 3.8) is 0 Å². The van der Waals surface area contributed by atoms with Crippen molar-refractivity contribution in [2.24, 2.45) is 0 Å². The van der Waals surface area contributed by atoms with Crippen molar-refractivity contribution < 1.29 is 37.0 Å². The Kier molecular flexibility index (Phi) is 5.84. The predicted octanol–water partition coefficient (Wildman–Crippen LogP) is 4.43. The first-order valence-corrected chi connectivity index (χ1v) is 11.0. The summed E-state index contributed by atoms with van der Waals surface area (Å²) in [7, 11) is 0. The van der Waals surface area contributed by atoms with Gasteiger partial charge in [-0.05, 0) is 54.1 Å². The third kappa shape index (κ3) is 4.36. The average molecular weight is 506 g/mol. The van der Waals surface area contributed by atoms with Gasteiger partial charge in [-0.3, -0.25) is 14.4 Å². The molecule has 2 heterocycles. The van der Waals surface area contributed by atoms with Crippen LogP contribution in [0.4, 0.5) is 18.9 Å². The molecule has 10 heteroatoms. The minimum absolute atomic E-state index is 0.0182. The van der Waals surface area contributed by atoms with Crippen molar-refractivity contribution >= 4 is 23.3 Å². The Morgan fingerprint density at radius 2 is 1.68 bits per heavy atom. The fraction of sp³-hybridized carbons (Fsp3) is 0.148. The molecule has 1 N–H and O–H groups in total. The summed E-state index contributed by atoms with van der Waals surface area (Å²) < 4.78 is 49.6. The van der Waals surface area contributed by atoms with Gasteiger partial charge in [0, 0.05) is 11.1 Å². The van der Waals surface area contributed by atoms with Crippen molar-refractivity contribution in [2.45, 2.75) is 12.2 Å². The molecule has 5 rings (SSSR count). The van der Waals surface area contributed by atoms with Crippen molar-refractivity contribution in [3.05, 3.63) is 88.5 Å². The van der Waals surface area contributed by atoms with E-state index in [2.05, 4.69) is 11.2 Å². The molecule has 2 amide bonds. The first-order chi connectivity index (χ1) is 17.7. The van der Waals surface area contributed by atoms with Gasteiger partial charge in [0.1, 0.15) is 6.04 Å². The number of fused-ring (bicyclic) bond motifs is 2. The molecule has 2 aliphatic heterocycles. The molecule has 7 nitrogen and oxygen atoms in total. The molecule has 3 aromatic rings. The van der Waals surface area contributed by atoms with E-state index in [4.69, 9.17) is 15.9 Å². The van der Waals surface area contributed by atoms with Gasteiger partial charge in [0.15, 0.2) is 17.3 Å². The van der Waals surface area contributed by atoms with Crippen molar-refractivity contribution in [3.8, 4) is 23.8 Å². The zero-order valence-electron chi connectivity index (χ0n) is 19.0. The van der Waals surface area contributed by atoms with E-state index in [0.717, 1.165) is 29.2 Å².